The molecule has 7 heteroatoms. The summed E-state index contributed by atoms with van der Waals surface area (Å²) in [6, 6.07) is 0. The van der Waals surface area contributed by atoms with Gasteiger partial charge in [-0.15, -0.1) is 11.3 Å². The molecular formula is C11H17NO4S2. The fourth-order valence-corrected chi connectivity index (χ4v) is 3.54. The van der Waals surface area contributed by atoms with Gasteiger partial charge < -0.3 is 4.74 Å². The maximum absolute atomic E-state index is 11.8. The van der Waals surface area contributed by atoms with Crippen LogP contribution in [0.3, 0.4) is 0 Å². The van der Waals surface area contributed by atoms with Gasteiger partial charge in [0.25, 0.3) is 0 Å². The van der Waals surface area contributed by atoms with Gasteiger partial charge in [0.2, 0.25) is 0 Å². The first-order chi connectivity index (χ1) is 8.27. The SMILES string of the molecule is COCc1nc(CS(=O)(=O)C(C)C)sc1C(C)=O. The fourth-order valence-electron chi connectivity index (χ4n) is 1.31. The lowest BCUT2D eigenvalue weighted by molar-refractivity contribution is 0.101. The minimum absolute atomic E-state index is 0.118. The number of ether oxygens (including phenoxy) is 1. The number of Topliss-reactive ketones (excluding diaryl/α,β-unsaturated/α-hetero) is 1. The zero-order valence-electron chi connectivity index (χ0n) is 10.9. The molecule has 0 bridgehead atoms. The number of sulfone groups is 1. The van der Waals surface area contributed by atoms with Crippen LogP contribution in [0.5, 0.6) is 0 Å². The summed E-state index contributed by atoms with van der Waals surface area (Å²) in [5.41, 5.74) is 0.518. The highest BCUT2D eigenvalue weighted by molar-refractivity contribution is 7.91. The number of methoxy groups -OCH3 is 1. The molecular weight excluding hydrogens is 274 g/mol. The Morgan fingerprint density at radius 3 is 2.50 bits per heavy atom. The Kier molecular flexibility index (Phi) is 5.01. The van der Waals surface area contributed by atoms with Gasteiger partial charge in [-0.25, -0.2) is 13.4 Å². The highest BCUT2D eigenvalue weighted by Crippen LogP contribution is 2.23. The quantitative estimate of drug-likeness (QED) is 0.747. The number of carbonyl (C=O) groups is 1. The molecule has 0 aliphatic rings. The van der Waals surface area contributed by atoms with Crippen LogP contribution in [0.25, 0.3) is 0 Å². The Balaban J connectivity index is 3.06. The molecule has 0 N–H and O–H groups in total. The Morgan fingerprint density at radius 2 is 2.06 bits per heavy atom. The van der Waals surface area contributed by atoms with E-state index in [0.29, 0.717) is 15.6 Å². The van der Waals surface area contributed by atoms with Crippen LogP contribution in [0.15, 0.2) is 0 Å². The molecule has 0 saturated carbocycles. The Bertz CT molecular complexity index is 531. The van der Waals surface area contributed by atoms with Crippen molar-refractivity contribution in [3.05, 3.63) is 15.6 Å². The summed E-state index contributed by atoms with van der Waals surface area (Å²) in [6.45, 7) is 4.91. The van der Waals surface area contributed by atoms with Gasteiger partial charge in [0.05, 0.1) is 22.4 Å². The molecule has 1 aromatic heterocycles. The number of hydrogen-bond acceptors (Lipinski definition) is 6. The second kappa shape index (κ2) is 5.90. The third-order valence-corrected chi connectivity index (χ3v) is 5.88. The van der Waals surface area contributed by atoms with Crippen LogP contribution in [0.4, 0.5) is 0 Å². The highest BCUT2D eigenvalue weighted by atomic mass is 32.2. The molecule has 0 spiro atoms. The largest absolute Gasteiger partial charge is 0.378 e. The van der Waals surface area contributed by atoms with E-state index < -0.39 is 15.1 Å². The molecule has 0 unspecified atom stereocenters. The zero-order chi connectivity index (χ0) is 13.9. The highest BCUT2D eigenvalue weighted by Gasteiger charge is 2.22. The molecule has 0 atom stereocenters. The molecule has 0 radical (unpaired) electrons. The van der Waals surface area contributed by atoms with Crippen molar-refractivity contribution in [2.75, 3.05) is 7.11 Å². The zero-order valence-corrected chi connectivity index (χ0v) is 12.5. The lowest BCUT2D eigenvalue weighted by Crippen LogP contribution is -2.15. The number of thiazole rings is 1. The molecule has 0 aromatic carbocycles. The molecule has 1 aromatic rings. The summed E-state index contributed by atoms with van der Waals surface area (Å²) in [6.07, 6.45) is 0. The summed E-state index contributed by atoms with van der Waals surface area (Å²) >= 11 is 1.13. The van der Waals surface area contributed by atoms with E-state index in [1.54, 1.807) is 13.8 Å². The maximum atomic E-state index is 11.8. The molecule has 5 nitrogen and oxygen atoms in total. The van der Waals surface area contributed by atoms with Crippen LogP contribution >= 0.6 is 11.3 Å². The first kappa shape index (κ1) is 15.3. The van der Waals surface area contributed by atoms with Crippen LogP contribution < -0.4 is 0 Å². The van der Waals surface area contributed by atoms with Crippen LogP contribution in [0.1, 0.15) is 41.1 Å². The number of rotatable bonds is 6. The van der Waals surface area contributed by atoms with Crippen molar-refractivity contribution < 1.29 is 17.9 Å². The molecule has 0 aliphatic carbocycles. The van der Waals surface area contributed by atoms with Gasteiger partial charge in [-0.1, -0.05) is 0 Å². The number of aromatic nitrogens is 1. The van der Waals surface area contributed by atoms with E-state index in [0.717, 1.165) is 11.3 Å². The number of hydrogen-bond donors (Lipinski definition) is 0. The van der Waals surface area contributed by atoms with E-state index in [1.165, 1.54) is 14.0 Å². The van der Waals surface area contributed by atoms with Crippen molar-refractivity contribution in [2.24, 2.45) is 0 Å². The predicted octanol–water partition coefficient (Wildman–Crippen LogP) is 1.82. The second-order valence-electron chi connectivity index (χ2n) is 4.23. The Hall–Kier alpha value is -0.790. The summed E-state index contributed by atoms with van der Waals surface area (Å²) in [7, 11) is -1.69. The van der Waals surface area contributed by atoms with Crippen molar-refractivity contribution in [3.8, 4) is 0 Å². The molecule has 0 amide bonds. The first-order valence-corrected chi connectivity index (χ1v) is 8.01. The Labute approximate surface area is 111 Å². The first-order valence-electron chi connectivity index (χ1n) is 5.48. The minimum Gasteiger partial charge on any atom is -0.378 e. The lowest BCUT2D eigenvalue weighted by Gasteiger charge is -2.04. The van der Waals surface area contributed by atoms with Gasteiger partial charge in [0, 0.05) is 14.0 Å². The number of nitrogens with zero attached hydrogens (tertiary/aromatic N) is 1. The summed E-state index contributed by atoms with van der Waals surface area (Å²) in [4.78, 5) is 16.1. The summed E-state index contributed by atoms with van der Waals surface area (Å²) in [5.74, 6) is -0.243. The van der Waals surface area contributed by atoms with Crippen molar-refractivity contribution in [1.82, 2.24) is 4.98 Å². The van der Waals surface area contributed by atoms with Crippen LogP contribution in [-0.4, -0.2) is 31.5 Å². The van der Waals surface area contributed by atoms with Crippen molar-refractivity contribution >= 4 is 27.0 Å². The molecule has 0 aliphatic heterocycles. The Morgan fingerprint density at radius 1 is 1.44 bits per heavy atom. The number of ketones is 1. The van der Waals surface area contributed by atoms with Gasteiger partial charge in [-0.3, -0.25) is 4.79 Å². The van der Waals surface area contributed by atoms with Crippen molar-refractivity contribution in [3.63, 3.8) is 0 Å². The smallest absolute Gasteiger partial charge is 0.171 e. The normalized spacial score (nSPS) is 12.1. The van der Waals surface area contributed by atoms with E-state index in [1.807, 2.05) is 0 Å². The van der Waals surface area contributed by atoms with Gasteiger partial charge in [0.15, 0.2) is 15.6 Å². The third kappa shape index (κ3) is 3.60. The van der Waals surface area contributed by atoms with Crippen molar-refractivity contribution in [1.29, 1.82) is 0 Å². The summed E-state index contributed by atoms with van der Waals surface area (Å²) in [5, 5.41) is -0.00555. The van der Waals surface area contributed by atoms with E-state index in [-0.39, 0.29) is 18.1 Å². The topological polar surface area (TPSA) is 73.3 Å². The minimum atomic E-state index is -3.20. The monoisotopic (exact) mass is 291 g/mol. The third-order valence-electron chi connectivity index (χ3n) is 2.39. The fraction of sp³-hybridized carbons (Fsp3) is 0.636. The maximum Gasteiger partial charge on any atom is 0.171 e. The van der Waals surface area contributed by atoms with E-state index in [9.17, 15) is 13.2 Å². The summed E-state index contributed by atoms with van der Waals surface area (Å²) < 4.78 is 28.5. The van der Waals surface area contributed by atoms with Gasteiger partial charge in [-0.2, -0.15) is 0 Å². The van der Waals surface area contributed by atoms with Crippen LogP contribution in [0, 0.1) is 0 Å². The van der Waals surface area contributed by atoms with E-state index >= 15 is 0 Å². The predicted molar refractivity (Wildman–Crippen MR) is 70.6 cm³/mol. The molecule has 1 heterocycles. The van der Waals surface area contributed by atoms with Gasteiger partial charge in [0.1, 0.15) is 10.8 Å². The van der Waals surface area contributed by atoms with E-state index in [4.69, 9.17) is 4.74 Å². The average Bonchev–Trinajstić information content (AvgIpc) is 2.60. The van der Waals surface area contributed by atoms with Crippen molar-refractivity contribution in [2.45, 2.75) is 38.4 Å². The van der Waals surface area contributed by atoms with Crippen LogP contribution in [0.2, 0.25) is 0 Å². The molecule has 18 heavy (non-hydrogen) atoms. The van der Waals surface area contributed by atoms with E-state index in [2.05, 4.69) is 4.98 Å². The van der Waals surface area contributed by atoms with Gasteiger partial charge >= 0.3 is 0 Å². The second-order valence-corrected chi connectivity index (χ2v) is 7.87. The lowest BCUT2D eigenvalue weighted by atomic mass is 10.3. The molecule has 1 rings (SSSR count). The molecule has 0 fully saturated rings. The number of carbonyl (C=O) groups excluding carboxylic acids is 1. The molecule has 0 saturated heterocycles. The van der Waals surface area contributed by atoms with Crippen LogP contribution in [-0.2, 0) is 26.9 Å². The standard InChI is InChI=1S/C11H17NO4S2/c1-7(2)18(14,15)6-10-12-9(5-16-4)11(17-10)8(3)13/h7H,5-6H2,1-4H3. The molecule has 102 valence electrons. The van der Waals surface area contributed by atoms with Gasteiger partial charge in [-0.05, 0) is 13.8 Å². The average molecular weight is 291 g/mol.